The summed E-state index contributed by atoms with van der Waals surface area (Å²) in [6, 6.07) is 5.23. The molecule has 0 aliphatic carbocycles. The number of fused-ring (bicyclic) bond motifs is 1. The van der Waals surface area contributed by atoms with Gasteiger partial charge in [0.15, 0.2) is 11.5 Å². The molecule has 19 heavy (non-hydrogen) atoms. The van der Waals surface area contributed by atoms with Gasteiger partial charge in [0.1, 0.15) is 6.61 Å². The van der Waals surface area contributed by atoms with Crippen molar-refractivity contribution in [1.82, 2.24) is 9.97 Å². The van der Waals surface area contributed by atoms with Gasteiger partial charge in [-0.25, -0.2) is 4.79 Å². The number of aromatic amines is 1. The first-order valence-electron chi connectivity index (χ1n) is 5.49. The summed E-state index contributed by atoms with van der Waals surface area (Å²) in [6.45, 7) is 0.258. The number of hydrogen-bond acceptors (Lipinski definition) is 5. The van der Waals surface area contributed by atoms with Gasteiger partial charge in [0.05, 0.1) is 0 Å². The Kier molecular flexibility index (Phi) is 2.79. The highest BCUT2D eigenvalue weighted by molar-refractivity contribution is 5.44. The Morgan fingerprint density at radius 1 is 1.37 bits per heavy atom. The summed E-state index contributed by atoms with van der Waals surface area (Å²) >= 11 is 0. The zero-order chi connectivity index (χ0) is 13.2. The van der Waals surface area contributed by atoms with E-state index in [1.54, 1.807) is 18.2 Å². The third-order valence-electron chi connectivity index (χ3n) is 2.54. The number of benzene rings is 1. The van der Waals surface area contributed by atoms with Crippen LogP contribution in [0.3, 0.4) is 0 Å². The predicted octanol–water partition coefficient (Wildman–Crippen LogP) is 1.22. The number of halogens is 1. The topological polar surface area (TPSA) is 73.4 Å². The molecule has 0 spiro atoms. The summed E-state index contributed by atoms with van der Waals surface area (Å²) in [5.74, 6) is 0.214. The Bertz CT molecular complexity index is 671. The van der Waals surface area contributed by atoms with E-state index in [4.69, 9.17) is 14.2 Å². The Morgan fingerprint density at radius 2 is 2.21 bits per heavy atom. The maximum absolute atomic E-state index is 13.3. The first-order chi connectivity index (χ1) is 9.22. The summed E-state index contributed by atoms with van der Waals surface area (Å²) < 4.78 is 28.8. The average molecular weight is 264 g/mol. The van der Waals surface area contributed by atoms with Gasteiger partial charge in [-0.15, -0.1) is 0 Å². The Morgan fingerprint density at radius 3 is 3.11 bits per heavy atom. The van der Waals surface area contributed by atoms with Crippen LogP contribution >= 0.6 is 0 Å². The zero-order valence-corrected chi connectivity index (χ0v) is 9.68. The van der Waals surface area contributed by atoms with Crippen molar-refractivity contribution in [3.63, 3.8) is 0 Å². The number of aromatic nitrogens is 2. The lowest BCUT2D eigenvalue weighted by molar-refractivity contribution is 0.174. The maximum atomic E-state index is 13.3. The minimum atomic E-state index is -0.722. The number of rotatable bonds is 3. The largest absolute Gasteiger partial charge is 0.471 e. The van der Waals surface area contributed by atoms with E-state index < -0.39 is 11.5 Å². The van der Waals surface area contributed by atoms with Crippen molar-refractivity contribution >= 4 is 0 Å². The summed E-state index contributed by atoms with van der Waals surface area (Å²) in [5.41, 5.74) is 0.0906. The van der Waals surface area contributed by atoms with Gasteiger partial charge in [0.25, 0.3) is 5.88 Å². The molecule has 0 saturated carbocycles. The predicted molar refractivity (Wildman–Crippen MR) is 61.7 cm³/mol. The van der Waals surface area contributed by atoms with E-state index in [9.17, 15) is 9.18 Å². The van der Waals surface area contributed by atoms with Crippen molar-refractivity contribution in [2.45, 2.75) is 6.61 Å². The molecule has 1 aliphatic rings. The SMILES string of the molecule is O=c1nc(OCc2ccc3c(c2)OCO3)c(F)c[nH]1. The van der Waals surface area contributed by atoms with Gasteiger partial charge < -0.3 is 19.2 Å². The van der Waals surface area contributed by atoms with Crippen LogP contribution in [0.5, 0.6) is 17.4 Å². The Labute approximate surface area is 106 Å². The highest BCUT2D eigenvalue weighted by Gasteiger charge is 2.14. The lowest BCUT2D eigenvalue weighted by atomic mass is 10.2. The van der Waals surface area contributed by atoms with E-state index in [-0.39, 0.29) is 19.3 Å². The molecule has 0 saturated heterocycles. The van der Waals surface area contributed by atoms with Crippen LogP contribution in [-0.4, -0.2) is 16.8 Å². The van der Waals surface area contributed by atoms with Gasteiger partial charge in [-0.05, 0) is 17.7 Å². The molecule has 1 aromatic heterocycles. The molecule has 0 unspecified atom stereocenters. The summed E-state index contributed by atoms with van der Waals surface area (Å²) in [7, 11) is 0. The van der Waals surface area contributed by atoms with E-state index in [0.29, 0.717) is 11.5 Å². The molecule has 0 bridgehead atoms. The lowest BCUT2D eigenvalue weighted by Gasteiger charge is -2.06. The van der Waals surface area contributed by atoms with Crippen molar-refractivity contribution in [2.75, 3.05) is 6.79 Å². The van der Waals surface area contributed by atoms with Crippen molar-refractivity contribution in [3.8, 4) is 17.4 Å². The van der Waals surface area contributed by atoms with Crippen LogP contribution in [0.2, 0.25) is 0 Å². The first-order valence-corrected chi connectivity index (χ1v) is 5.49. The van der Waals surface area contributed by atoms with Gasteiger partial charge >= 0.3 is 5.69 Å². The van der Waals surface area contributed by atoms with Crippen molar-refractivity contribution < 1.29 is 18.6 Å². The molecule has 0 fully saturated rings. The fraction of sp³-hybridized carbons (Fsp3) is 0.167. The van der Waals surface area contributed by atoms with Gasteiger partial charge in [-0.1, -0.05) is 6.07 Å². The second kappa shape index (κ2) is 4.60. The molecule has 1 N–H and O–H groups in total. The van der Waals surface area contributed by atoms with E-state index in [1.807, 2.05) is 0 Å². The van der Waals surface area contributed by atoms with Crippen LogP contribution in [0, 0.1) is 5.82 Å². The van der Waals surface area contributed by atoms with Crippen LogP contribution in [0.15, 0.2) is 29.2 Å². The molecule has 0 amide bonds. The molecule has 7 heteroatoms. The molecule has 2 aromatic rings. The number of H-pyrrole nitrogens is 1. The number of nitrogens with one attached hydrogen (secondary N) is 1. The van der Waals surface area contributed by atoms with Gasteiger partial charge in [0.2, 0.25) is 12.6 Å². The second-order valence-corrected chi connectivity index (χ2v) is 3.84. The van der Waals surface area contributed by atoms with Crippen LogP contribution in [0.4, 0.5) is 4.39 Å². The van der Waals surface area contributed by atoms with Crippen LogP contribution in [0.25, 0.3) is 0 Å². The molecular weight excluding hydrogens is 255 g/mol. The van der Waals surface area contributed by atoms with E-state index in [2.05, 4.69) is 9.97 Å². The quantitative estimate of drug-likeness (QED) is 0.902. The van der Waals surface area contributed by atoms with Crippen LogP contribution in [0.1, 0.15) is 5.56 Å². The third-order valence-corrected chi connectivity index (χ3v) is 2.54. The first kappa shape index (κ1) is 11.5. The molecule has 6 nitrogen and oxygen atoms in total. The van der Waals surface area contributed by atoms with Crippen LogP contribution < -0.4 is 19.9 Å². The van der Waals surface area contributed by atoms with Gasteiger partial charge in [-0.2, -0.15) is 9.37 Å². The molecular formula is C12H9FN2O4. The Hall–Kier alpha value is -2.57. The minimum Gasteiger partial charge on any atom is -0.471 e. The minimum absolute atomic E-state index is 0.0734. The van der Waals surface area contributed by atoms with Gasteiger partial charge in [-0.3, -0.25) is 0 Å². The Balaban J connectivity index is 1.75. The van der Waals surface area contributed by atoms with Crippen molar-refractivity contribution in [3.05, 3.63) is 46.3 Å². The summed E-state index contributed by atoms with van der Waals surface area (Å²) in [5, 5.41) is 0. The normalized spacial score (nSPS) is 12.5. The lowest BCUT2D eigenvalue weighted by Crippen LogP contribution is -2.12. The summed E-state index contributed by atoms with van der Waals surface area (Å²) in [6.07, 6.45) is 0.907. The van der Waals surface area contributed by atoms with Crippen molar-refractivity contribution in [1.29, 1.82) is 0 Å². The molecule has 98 valence electrons. The molecule has 1 aliphatic heterocycles. The van der Waals surface area contributed by atoms with E-state index in [0.717, 1.165) is 11.8 Å². The molecule has 1 aromatic carbocycles. The molecule has 0 radical (unpaired) electrons. The highest BCUT2D eigenvalue weighted by Crippen LogP contribution is 2.32. The average Bonchev–Trinajstić information content (AvgIpc) is 2.87. The fourth-order valence-corrected chi connectivity index (χ4v) is 1.65. The zero-order valence-electron chi connectivity index (χ0n) is 9.68. The van der Waals surface area contributed by atoms with E-state index in [1.165, 1.54) is 0 Å². The van der Waals surface area contributed by atoms with E-state index >= 15 is 0 Å². The van der Waals surface area contributed by atoms with Crippen molar-refractivity contribution in [2.24, 2.45) is 0 Å². The summed E-state index contributed by atoms with van der Waals surface area (Å²) in [4.78, 5) is 16.5. The molecule has 0 atom stereocenters. The van der Waals surface area contributed by atoms with Crippen LogP contribution in [-0.2, 0) is 6.61 Å². The number of ether oxygens (including phenoxy) is 3. The number of nitrogens with zero attached hydrogens (tertiary/aromatic N) is 1. The standard InChI is InChI=1S/C12H9FN2O4/c13-8-4-14-12(16)15-11(8)17-5-7-1-2-9-10(3-7)19-6-18-9/h1-4H,5-6H2,(H,14,15,16). The monoisotopic (exact) mass is 264 g/mol. The maximum Gasteiger partial charge on any atom is 0.348 e. The fourth-order valence-electron chi connectivity index (χ4n) is 1.65. The highest BCUT2D eigenvalue weighted by atomic mass is 19.1. The van der Waals surface area contributed by atoms with Gasteiger partial charge in [0, 0.05) is 6.20 Å². The smallest absolute Gasteiger partial charge is 0.348 e. The number of hydrogen-bond donors (Lipinski definition) is 1. The molecule has 2 heterocycles. The molecule has 3 rings (SSSR count). The second-order valence-electron chi connectivity index (χ2n) is 3.84. The third kappa shape index (κ3) is 2.35.